The molecule has 0 aliphatic carbocycles. The number of hydrogen-bond acceptors (Lipinski definition) is 4. The van der Waals surface area contributed by atoms with Crippen LogP contribution in [0.2, 0.25) is 0 Å². The first-order valence-corrected chi connectivity index (χ1v) is 7.60. The first kappa shape index (κ1) is 13.7. The number of hydrogen-bond donors (Lipinski definition) is 1. The fourth-order valence-electron chi connectivity index (χ4n) is 2.54. The van der Waals surface area contributed by atoms with Crippen molar-refractivity contribution in [2.24, 2.45) is 7.05 Å². The Balaban J connectivity index is 2.10. The number of aromatic nitrogens is 2. The Morgan fingerprint density at radius 3 is 2.81 bits per heavy atom. The fraction of sp³-hybridized carbons (Fsp3) is 0.267. The summed E-state index contributed by atoms with van der Waals surface area (Å²) in [7, 11) is 1.83. The van der Waals surface area contributed by atoms with Crippen LogP contribution in [0.4, 0.5) is 5.82 Å². The van der Waals surface area contributed by atoms with E-state index in [1.54, 1.807) is 28.6 Å². The van der Waals surface area contributed by atoms with E-state index in [1.807, 2.05) is 26.1 Å². The Kier molecular flexibility index (Phi) is 3.43. The monoisotopic (exact) mass is 298 g/mol. The van der Waals surface area contributed by atoms with Crippen LogP contribution in [0.3, 0.4) is 0 Å². The summed E-state index contributed by atoms with van der Waals surface area (Å²) < 4.78 is 1.71. The summed E-state index contributed by atoms with van der Waals surface area (Å²) in [6.45, 7) is 1.95. The Bertz CT molecular complexity index is 742. The van der Waals surface area contributed by atoms with Gasteiger partial charge in [-0.15, -0.1) is 11.8 Å². The van der Waals surface area contributed by atoms with E-state index < -0.39 is 0 Å². The zero-order valence-corrected chi connectivity index (χ0v) is 12.6. The van der Waals surface area contributed by atoms with Gasteiger partial charge >= 0.3 is 0 Å². The third-order valence-electron chi connectivity index (χ3n) is 3.51. The van der Waals surface area contributed by atoms with Crippen LogP contribution in [0.1, 0.15) is 27.6 Å². The molecule has 0 unspecified atom stereocenters. The quantitative estimate of drug-likeness (QED) is 0.877. The van der Waals surface area contributed by atoms with Crippen LogP contribution in [0.25, 0.3) is 0 Å². The minimum Gasteiger partial charge on any atom is -0.310 e. The van der Waals surface area contributed by atoms with Gasteiger partial charge in [-0.3, -0.25) is 9.48 Å². The Hall–Kier alpha value is -2.26. The lowest BCUT2D eigenvalue weighted by Crippen LogP contribution is -2.15. The predicted molar refractivity (Wildman–Crippen MR) is 82.0 cm³/mol. The highest BCUT2D eigenvalue weighted by atomic mass is 32.2. The van der Waals surface area contributed by atoms with Gasteiger partial charge in [0.15, 0.2) is 0 Å². The molecule has 2 aromatic rings. The SMILES string of the molecule is Cc1nn(C)c2c1[C@@H](c1ccc(C#N)cc1)SCC(=O)N2. The summed E-state index contributed by atoms with van der Waals surface area (Å²) in [5.74, 6) is 1.15. The van der Waals surface area contributed by atoms with E-state index >= 15 is 0 Å². The summed E-state index contributed by atoms with van der Waals surface area (Å²) in [6.07, 6.45) is 0. The highest BCUT2D eigenvalue weighted by Crippen LogP contribution is 2.42. The van der Waals surface area contributed by atoms with Gasteiger partial charge in [0.1, 0.15) is 5.82 Å². The highest BCUT2D eigenvalue weighted by Gasteiger charge is 2.29. The van der Waals surface area contributed by atoms with Crippen molar-refractivity contribution < 1.29 is 4.79 Å². The maximum Gasteiger partial charge on any atom is 0.235 e. The van der Waals surface area contributed by atoms with Gasteiger partial charge in [-0.25, -0.2) is 0 Å². The molecule has 5 nitrogen and oxygen atoms in total. The van der Waals surface area contributed by atoms with E-state index in [2.05, 4.69) is 16.5 Å². The van der Waals surface area contributed by atoms with Gasteiger partial charge in [-0.05, 0) is 24.6 Å². The van der Waals surface area contributed by atoms with Gasteiger partial charge < -0.3 is 5.32 Å². The van der Waals surface area contributed by atoms with Crippen LogP contribution in [0, 0.1) is 18.3 Å². The minimum absolute atomic E-state index is 0.0135. The number of amides is 1. The summed E-state index contributed by atoms with van der Waals surface area (Å²) in [5.41, 5.74) is 3.66. The zero-order valence-electron chi connectivity index (χ0n) is 11.8. The summed E-state index contributed by atoms with van der Waals surface area (Å²) in [6, 6.07) is 9.63. The number of rotatable bonds is 1. The topological polar surface area (TPSA) is 70.7 Å². The van der Waals surface area contributed by atoms with E-state index in [0.717, 1.165) is 22.6 Å². The molecule has 3 rings (SSSR count). The minimum atomic E-state index is -0.0135. The van der Waals surface area contributed by atoms with E-state index in [4.69, 9.17) is 5.26 Å². The largest absolute Gasteiger partial charge is 0.310 e. The van der Waals surface area contributed by atoms with E-state index in [1.165, 1.54) is 0 Å². The first-order chi connectivity index (χ1) is 10.1. The van der Waals surface area contributed by atoms with Crippen LogP contribution in [-0.4, -0.2) is 21.4 Å². The molecule has 1 aromatic carbocycles. The fourth-order valence-corrected chi connectivity index (χ4v) is 3.73. The Morgan fingerprint density at radius 1 is 1.43 bits per heavy atom. The molecule has 0 radical (unpaired) electrons. The van der Waals surface area contributed by atoms with Crippen LogP contribution in [0.5, 0.6) is 0 Å². The number of nitrogens with one attached hydrogen (secondary N) is 1. The zero-order chi connectivity index (χ0) is 15.0. The molecule has 6 heteroatoms. The Labute approximate surface area is 127 Å². The molecular weight excluding hydrogens is 284 g/mol. The summed E-state index contributed by atoms with van der Waals surface area (Å²) in [4.78, 5) is 11.9. The molecule has 1 N–H and O–H groups in total. The molecule has 1 aliphatic rings. The number of benzene rings is 1. The number of anilines is 1. The van der Waals surface area contributed by atoms with Gasteiger partial charge in [0.05, 0.1) is 28.3 Å². The molecule has 0 fully saturated rings. The maximum atomic E-state index is 11.9. The van der Waals surface area contributed by atoms with Crippen LogP contribution in [0.15, 0.2) is 24.3 Å². The number of fused-ring (bicyclic) bond motifs is 1. The number of carbonyl (C=O) groups excluding carboxylic acids is 1. The number of nitrogens with zero attached hydrogens (tertiary/aromatic N) is 3. The lowest BCUT2D eigenvalue weighted by molar-refractivity contribution is -0.113. The second kappa shape index (κ2) is 5.26. The summed E-state index contributed by atoms with van der Waals surface area (Å²) >= 11 is 1.58. The third kappa shape index (κ3) is 2.41. The van der Waals surface area contributed by atoms with Crippen molar-refractivity contribution in [3.8, 4) is 6.07 Å². The third-order valence-corrected chi connectivity index (χ3v) is 4.78. The van der Waals surface area contributed by atoms with Gasteiger partial charge in [-0.1, -0.05) is 12.1 Å². The molecule has 1 amide bonds. The molecule has 0 bridgehead atoms. The average Bonchev–Trinajstić information content (AvgIpc) is 2.66. The Morgan fingerprint density at radius 2 is 2.14 bits per heavy atom. The standard InChI is InChI=1S/C15H14N4OS/c1-9-13-14(11-5-3-10(7-16)4-6-11)21-8-12(20)17-15(13)19(2)18-9/h3-6,14H,8H2,1-2H3,(H,17,20)/t14-/m1/s1. The molecule has 0 saturated carbocycles. The second-order valence-electron chi connectivity index (χ2n) is 4.94. The molecule has 1 atom stereocenters. The molecule has 0 spiro atoms. The van der Waals surface area contributed by atoms with Crippen molar-refractivity contribution in [3.05, 3.63) is 46.6 Å². The van der Waals surface area contributed by atoms with Crippen LogP contribution in [-0.2, 0) is 11.8 Å². The van der Waals surface area contributed by atoms with Crippen molar-refractivity contribution in [2.45, 2.75) is 12.2 Å². The van der Waals surface area contributed by atoms with Gasteiger partial charge in [-0.2, -0.15) is 10.4 Å². The van der Waals surface area contributed by atoms with Crippen LogP contribution < -0.4 is 5.32 Å². The van der Waals surface area contributed by atoms with Gasteiger partial charge in [0.25, 0.3) is 0 Å². The molecule has 2 heterocycles. The number of thioether (sulfide) groups is 1. The van der Waals surface area contributed by atoms with E-state index in [-0.39, 0.29) is 11.2 Å². The van der Waals surface area contributed by atoms with Crippen LogP contribution >= 0.6 is 11.8 Å². The van der Waals surface area contributed by atoms with Crippen molar-refractivity contribution in [3.63, 3.8) is 0 Å². The smallest absolute Gasteiger partial charge is 0.235 e. The van der Waals surface area contributed by atoms with Gasteiger partial charge in [0, 0.05) is 12.6 Å². The van der Waals surface area contributed by atoms with Crippen molar-refractivity contribution in [1.29, 1.82) is 5.26 Å². The predicted octanol–water partition coefficient (Wildman–Crippen LogP) is 2.37. The molecule has 0 saturated heterocycles. The second-order valence-corrected chi connectivity index (χ2v) is 6.04. The van der Waals surface area contributed by atoms with E-state index in [9.17, 15) is 4.79 Å². The lowest BCUT2D eigenvalue weighted by atomic mass is 10.0. The van der Waals surface area contributed by atoms with E-state index in [0.29, 0.717) is 11.3 Å². The molecule has 1 aliphatic heterocycles. The maximum absolute atomic E-state index is 11.9. The number of nitriles is 1. The number of aryl methyl sites for hydroxylation is 2. The number of carbonyl (C=O) groups is 1. The van der Waals surface area contributed by atoms with Crippen molar-refractivity contribution >= 4 is 23.5 Å². The normalized spacial score (nSPS) is 17.6. The van der Waals surface area contributed by atoms with Crippen molar-refractivity contribution in [1.82, 2.24) is 9.78 Å². The summed E-state index contributed by atoms with van der Waals surface area (Å²) in [5, 5.41) is 16.3. The molecule has 106 valence electrons. The molecule has 1 aromatic heterocycles. The first-order valence-electron chi connectivity index (χ1n) is 6.55. The van der Waals surface area contributed by atoms with Crippen molar-refractivity contribution in [2.75, 3.05) is 11.1 Å². The molecular formula is C15H14N4OS. The molecule has 21 heavy (non-hydrogen) atoms. The average molecular weight is 298 g/mol. The lowest BCUT2D eigenvalue weighted by Gasteiger charge is -2.15. The van der Waals surface area contributed by atoms with Gasteiger partial charge in [0.2, 0.25) is 5.91 Å². The highest BCUT2D eigenvalue weighted by molar-refractivity contribution is 8.00.